The molecule has 108 valence electrons. The summed E-state index contributed by atoms with van der Waals surface area (Å²) >= 11 is 0. The predicted octanol–water partition coefficient (Wildman–Crippen LogP) is 2.64. The number of benzene rings is 1. The summed E-state index contributed by atoms with van der Waals surface area (Å²) in [5, 5.41) is 4.63. The summed E-state index contributed by atoms with van der Waals surface area (Å²) in [4.78, 5) is 4.55. The van der Waals surface area contributed by atoms with E-state index in [4.69, 9.17) is 9.47 Å². The topological polar surface area (TPSA) is 43.4 Å². The first-order valence-corrected chi connectivity index (χ1v) is 6.80. The Kier molecular flexibility index (Phi) is 5.06. The zero-order chi connectivity index (χ0) is 14.5. The van der Waals surface area contributed by atoms with Crippen LogP contribution < -0.4 is 5.32 Å². The number of aromatic nitrogens is 1. The van der Waals surface area contributed by atoms with E-state index in [0.717, 1.165) is 17.8 Å². The third-order valence-corrected chi connectivity index (χ3v) is 3.42. The number of methoxy groups -OCH3 is 2. The summed E-state index contributed by atoms with van der Waals surface area (Å²) in [6, 6.07) is 10.4. The zero-order valence-corrected chi connectivity index (χ0v) is 12.5. The van der Waals surface area contributed by atoms with Gasteiger partial charge in [-0.15, -0.1) is 0 Å². The van der Waals surface area contributed by atoms with Gasteiger partial charge in [0.1, 0.15) is 0 Å². The van der Waals surface area contributed by atoms with Crippen LogP contribution in [-0.4, -0.2) is 31.5 Å². The zero-order valence-electron chi connectivity index (χ0n) is 12.5. The first kappa shape index (κ1) is 14.9. The Hall–Kier alpha value is -1.49. The fraction of sp³-hybridized carbons (Fsp3) is 0.438. The average Bonchev–Trinajstić information content (AvgIpc) is 2.45. The molecule has 1 unspecified atom stereocenters. The molecule has 4 nitrogen and oxygen atoms in total. The van der Waals surface area contributed by atoms with Crippen molar-refractivity contribution < 1.29 is 9.47 Å². The molecule has 2 rings (SSSR count). The van der Waals surface area contributed by atoms with Gasteiger partial charge in [0, 0.05) is 31.8 Å². The molecule has 2 aromatic rings. The van der Waals surface area contributed by atoms with Crippen LogP contribution in [0.1, 0.15) is 18.2 Å². The van der Waals surface area contributed by atoms with Crippen molar-refractivity contribution in [2.24, 2.45) is 0 Å². The molecule has 0 amide bonds. The van der Waals surface area contributed by atoms with Crippen LogP contribution in [-0.2, 0) is 16.0 Å². The minimum atomic E-state index is -0.246. The third-order valence-electron chi connectivity index (χ3n) is 3.42. The highest BCUT2D eigenvalue weighted by Crippen LogP contribution is 2.18. The quantitative estimate of drug-likeness (QED) is 0.822. The molecule has 1 heterocycles. The van der Waals surface area contributed by atoms with Gasteiger partial charge in [-0.2, -0.15) is 0 Å². The van der Waals surface area contributed by atoms with Crippen molar-refractivity contribution in [1.82, 2.24) is 10.3 Å². The number of para-hydroxylation sites is 1. The van der Waals surface area contributed by atoms with E-state index in [1.807, 2.05) is 32.0 Å². The Morgan fingerprint density at radius 2 is 1.90 bits per heavy atom. The molecule has 1 atom stereocenters. The lowest BCUT2D eigenvalue weighted by molar-refractivity contribution is -0.119. The maximum atomic E-state index is 5.26. The van der Waals surface area contributed by atoms with E-state index in [9.17, 15) is 0 Å². The summed E-state index contributed by atoms with van der Waals surface area (Å²) in [7, 11) is 3.30. The number of fused-ring (bicyclic) bond motifs is 1. The molecule has 1 aromatic heterocycles. The van der Waals surface area contributed by atoms with Crippen molar-refractivity contribution in [1.29, 1.82) is 0 Å². The number of aryl methyl sites for hydroxylation is 1. The highest BCUT2D eigenvalue weighted by atomic mass is 16.7. The molecule has 0 fully saturated rings. The van der Waals surface area contributed by atoms with Crippen LogP contribution in [0.5, 0.6) is 0 Å². The van der Waals surface area contributed by atoms with Crippen molar-refractivity contribution in [3.8, 4) is 0 Å². The fourth-order valence-electron chi connectivity index (χ4n) is 2.41. The molecular weight excluding hydrogens is 252 g/mol. The van der Waals surface area contributed by atoms with Crippen molar-refractivity contribution in [3.05, 3.63) is 41.6 Å². The fourth-order valence-corrected chi connectivity index (χ4v) is 2.41. The molecule has 0 spiro atoms. The molecule has 0 radical (unpaired) electrons. The van der Waals surface area contributed by atoms with Crippen LogP contribution in [0.3, 0.4) is 0 Å². The molecule has 1 N–H and O–H groups in total. The lowest BCUT2D eigenvalue weighted by Crippen LogP contribution is -2.39. The van der Waals surface area contributed by atoms with Gasteiger partial charge >= 0.3 is 0 Å². The van der Waals surface area contributed by atoms with E-state index < -0.39 is 0 Å². The monoisotopic (exact) mass is 274 g/mol. The van der Waals surface area contributed by atoms with Gasteiger partial charge in [-0.25, -0.2) is 0 Å². The number of nitrogens with zero attached hydrogens (tertiary/aromatic N) is 1. The second-order valence-electron chi connectivity index (χ2n) is 4.95. The molecule has 0 saturated heterocycles. The minimum absolute atomic E-state index is 0.109. The van der Waals surface area contributed by atoms with Gasteiger partial charge in [0.15, 0.2) is 6.29 Å². The van der Waals surface area contributed by atoms with Crippen LogP contribution in [0.15, 0.2) is 30.3 Å². The Labute approximate surface area is 120 Å². The lowest BCUT2D eigenvalue weighted by Gasteiger charge is -2.22. The van der Waals surface area contributed by atoms with Crippen LogP contribution in [0, 0.1) is 6.92 Å². The maximum Gasteiger partial charge on any atom is 0.171 e. The Morgan fingerprint density at radius 1 is 1.20 bits per heavy atom. The first-order valence-electron chi connectivity index (χ1n) is 6.80. The summed E-state index contributed by atoms with van der Waals surface area (Å²) in [5.41, 5.74) is 3.31. The van der Waals surface area contributed by atoms with Crippen molar-refractivity contribution >= 4 is 10.9 Å². The normalized spacial score (nSPS) is 13.1. The second kappa shape index (κ2) is 6.79. The number of nitrogens with one attached hydrogen (secondary N) is 1. The minimum Gasteiger partial charge on any atom is -0.354 e. The van der Waals surface area contributed by atoms with E-state index >= 15 is 0 Å². The number of hydrogen-bond donors (Lipinski definition) is 1. The molecule has 0 saturated carbocycles. The van der Waals surface area contributed by atoms with Crippen molar-refractivity contribution in [2.75, 3.05) is 14.2 Å². The SMILES string of the molecule is COC(OC)C(C)NCc1cc(C)nc2ccccc12. The Balaban J connectivity index is 2.17. The van der Waals surface area contributed by atoms with Crippen molar-refractivity contribution in [2.45, 2.75) is 32.7 Å². The van der Waals surface area contributed by atoms with E-state index in [2.05, 4.69) is 22.4 Å². The maximum absolute atomic E-state index is 5.26. The molecule has 0 aliphatic heterocycles. The summed E-state index contributed by atoms with van der Waals surface area (Å²) in [6.07, 6.45) is -0.246. The van der Waals surface area contributed by atoms with Gasteiger partial charge in [-0.1, -0.05) is 18.2 Å². The van der Waals surface area contributed by atoms with Crippen LogP contribution >= 0.6 is 0 Å². The standard InChI is InChI=1S/C16H22N2O2/c1-11-9-13(10-17-12(2)16(19-3)20-4)14-7-5-6-8-15(14)18-11/h5-9,12,16-17H,10H2,1-4H3. The van der Waals surface area contributed by atoms with E-state index in [0.29, 0.717) is 0 Å². The Bertz CT molecular complexity index is 567. The van der Waals surface area contributed by atoms with Gasteiger partial charge in [-0.05, 0) is 31.5 Å². The van der Waals surface area contributed by atoms with Crippen molar-refractivity contribution in [3.63, 3.8) is 0 Å². The molecule has 0 aliphatic rings. The number of rotatable bonds is 6. The molecule has 0 bridgehead atoms. The van der Waals surface area contributed by atoms with Crippen LogP contribution in [0.2, 0.25) is 0 Å². The first-order chi connectivity index (χ1) is 9.65. The van der Waals surface area contributed by atoms with E-state index in [1.54, 1.807) is 14.2 Å². The summed E-state index contributed by atoms with van der Waals surface area (Å²) < 4.78 is 10.5. The molecule has 20 heavy (non-hydrogen) atoms. The van der Waals surface area contributed by atoms with Gasteiger partial charge in [-0.3, -0.25) is 4.98 Å². The second-order valence-corrected chi connectivity index (χ2v) is 4.95. The molecule has 4 heteroatoms. The van der Waals surface area contributed by atoms with Crippen LogP contribution in [0.25, 0.3) is 10.9 Å². The number of ether oxygens (including phenoxy) is 2. The highest BCUT2D eigenvalue weighted by molar-refractivity contribution is 5.82. The average molecular weight is 274 g/mol. The van der Waals surface area contributed by atoms with Gasteiger partial charge in [0.2, 0.25) is 0 Å². The van der Waals surface area contributed by atoms with E-state index in [-0.39, 0.29) is 12.3 Å². The Morgan fingerprint density at radius 3 is 2.60 bits per heavy atom. The summed E-state index contributed by atoms with van der Waals surface area (Å²) in [6.45, 7) is 4.83. The predicted molar refractivity (Wildman–Crippen MR) is 80.6 cm³/mol. The smallest absolute Gasteiger partial charge is 0.171 e. The van der Waals surface area contributed by atoms with Crippen LogP contribution in [0.4, 0.5) is 0 Å². The van der Waals surface area contributed by atoms with Gasteiger partial charge in [0.05, 0.1) is 11.6 Å². The molecule has 0 aliphatic carbocycles. The highest BCUT2D eigenvalue weighted by Gasteiger charge is 2.15. The largest absolute Gasteiger partial charge is 0.354 e. The lowest BCUT2D eigenvalue weighted by atomic mass is 10.1. The van der Waals surface area contributed by atoms with Gasteiger partial charge < -0.3 is 14.8 Å². The molecule has 1 aromatic carbocycles. The number of hydrogen-bond acceptors (Lipinski definition) is 4. The number of pyridine rings is 1. The van der Waals surface area contributed by atoms with E-state index in [1.165, 1.54) is 10.9 Å². The third kappa shape index (κ3) is 3.33. The molecular formula is C16H22N2O2. The van der Waals surface area contributed by atoms with Gasteiger partial charge in [0.25, 0.3) is 0 Å². The summed E-state index contributed by atoms with van der Waals surface area (Å²) in [5.74, 6) is 0.